The first-order valence-corrected chi connectivity index (χ1v) is 9.71. The number of nitrogens with one attached hydrogen (secondary N) is 2. The summed E-state index contributed by atoms with van der Waals surface area (Å²) in [6, 6.07) is 16.4. The van der Waals surface area contributed by atoms with E-state index < -0.39 is 0 Å². The molecule has 3 aromatic rings. The van der Waals surface area contributed by atoms with Crippen molar-refractivity contribution in [3.05, 3.63) is 71.1 Å². The van der Waals surface area contributed by atoms with E-state index in [2.05, 4.69) is 15.6 Å². The van der Waals surface area contributed by atoms with Gasteiger partial charge in [0.25, 0.3) is 5.91 Å². The van der Waals surface area contributed by atoms with Crippen LogP contribution in [0.3, 0.4) is 0 Å². The number of nitrogens with zero attached hydrogens (tertiary/aromatic N) is 1. The van der Waals surface area contributed by atoms with Gasteiger partial charge in [0.1, 0.15) is 5.82 Å². The van der Waals surface area contributed by atoms with Crippen molar-refractivity contribution in [2.45, 2.75) is 17.1 Å². The molecule has 1 atom stereocenters. The van der Waals surface area contributed by atoms with Crippen LogP contribution in [-0.4, -0.2) is 22.0 Å². The van der Waals surface area contributed by atoms with Crippen molar-refractivity contribution in [2.75, 3.05) is 10.6 Å². The molecule has 0 aliphatic rings. The Balaban J connectivity index is 1.61. The van der Waals surface area contributed by atoms with Crippen molar-refractivity contribution in [1.82, 2.24) is 4.98 Å². The highest BCUT2D eigenvalue weighted by atomic mass is 32.2. The number of aromatic nitrogens is 1. The van der Waals surface area contributed by atoms with Crippen molar-refractivity contribution in [3.63, 3.8) is 0 Å². The van der Waals surface area contributed by atoms with Crippen LogP contribution in [0.2, 0.25) is 0 Å². The van der Waals surface area contributed by atoms with Crippen LogP contribution in [0.4, 0.5) is 11.5 Å². The summed E-state index contributed by atoms with van der Waals surface area (Å²) < 4.78 is 0. The molecule has 132 valence electrons. The van der Waals surface area contributed by atoms with Crippen LogP contribution in [0.15, 0.2) is 71.1 Å². The van der Waals surface area contributed by atoms with Crippen molar-refractivity contribution in [2.24, 2.45) is 0 Å². The smallest absolute Gasteiger partial charge is 0.265 e. The average molecular weight is 383 g/mol. The Hall–Kier alpha value is -2.64. The number of thiophene rings is 1. The first kappa shape index (κ1) is 18.2. The Morgan fingerprint density at radius 1 is 1.08 bits per heavy atom. The molecule has 1 aromatic carbocycles. The maximum absolute atomic E-state index is 12.3. The number of thioether (sulfide) groups is 1. The van der Waals surface area contributed by atoms with Gasteiger partial charge in [0.2, 0.25) is 5.91 Å². The second-order valence-corrected chi connectivity index (χ2v) is 7.79. The number of carbonyl (C=O) groups is 2. The van der Waals surface area contributed by atoms with E-state index in [1.165, 1.54) is 23.1 Å². The van der Waals surface area contributed by atoms with Crippen molar-refractivity contribution < 1.29 is 9.59 Å². The first-order valence-electron chi connectivity index (χ1n) is 7.95. The summed E-state index contributed by atoms with van der Waals surface area (Å²) in [6.07, 6.45) is 1.63. The van der Waals surface area contributed by atoms with Crippen LogP contribution in [0.1, 0.15) is 16.6 Å². The highest BCUT2D eigenvalue weighted by Crippen LogP contribution is 2.27. The zero-order valence-electron chi connectivity index (χ0n) is 14.0. The van der Waals surface area contributed by atoms with E-state index in [4.69, 9.17) is 0 Å². The minimum absolute atomic E-state index is 0.123. The number of anilines is 2. The molecule has 0 radical (unpaired) electrons. The van der Waals surface area contributed by atoms with Gasteiger partial charge in [0.05, 0.1) is 10.1 Å². The minimum atomic E-state index is -0.305. The summed E-state index contributed by atoms with van der Waals surface area (Å²) in [6.45, 7) is 1.83. The van der Waals surface area contributed by atoms with Crippen LogP contribution < -0.4 is 10.6 Å². The molecule has 2 N–H and O–H groups in total. The van der Waals surface area contributed by atoms with Gasteiger partial charge in [0, 0.05) is 16.8 Å². The fourth-order valence-corrected chi connectivity index (χ4v) is 3.72. The lowest BCUT2D eigenvalue weighted by Crippen LogP contribution is -2.22. The van der Waals surface area contributed by atoms with Crippen molar-refractivity contribution in [1.29, 1.82) is 0 Å². The first-order chi connectivity index (χ1) is 12.6. The Morgan fingerprint density at radius 2 is 1.96 bits per heavy atom. The molecular weight excluding hydrogens is 366 g/mol. The molecule has 2 heterocycles. The molecule has 0 bridgehead atoms. The van der Waals surface area contributed by atoms with Gasteiger partial charge in [-0.2, -0.15) is 0 Å². The minimum Gasteiger partial charge on any atom is -0.321 e. The Labute approximate surface area is 159 Å². The van der Waals surface area contributed by atoms with E-state index in [0.717, 1.165) is 4.90 Å². The molecule has 2 amide bonds. The van der Waals surface area contributed by atoms with Crippen molar-refractivity contribution in [3.8, 4) is 0 Å². The molecule has 0 aliphatic heterocycles. The van der Waals surface area contributed by atoms with Gasteiger partial charge in [-0.1, -0.05) is 18.2 Å². The SMILES string of the molecule is CC(Sc1cccc(NC(=O)c2cccs2)c1)C(=O)Nc1ccccn1. The fourth-order valence-electron chi connectivity index (χ4n) is 2.17. The predicted octanol–water partition coefficient (Wildman–Crippen LogP) is 4.51. The third-order valence-electron chi connectivity index (χ3n) is 3.44. The number of pyridine rings is 1. The van der Waals surface area contributed by atoms with Gasteiger partial charge in [0.15, 0.2) is 0 Å². The Bertz CT molecular complexity index is 883. The fraction of sp³-hybridized carbons (Fsp3) is 0.105. The highest BCUT2D eigenvalue weighted by molar-refractivity contribution is 8.00. The van der Waals surface area contributed by atoms with Gasteiger partial charge in [-0.25, -0.2) is 4.98 Å². The van der Waals surface area contributed by atoms with E-state index in [0.29, 0.717) is 16.4 Å². The molecule has 5 nitrogen and oxygen atoms in total. The predicted molar refractivity (Wildman–Crippen MR) is 107 cm³/mol. The zero-order chi connectivity index (χ0) is 18.4. The maximum atomic E-state index is 12.3. The summed E-state index contributed by atoms with van der Waals surface area (Å²) in [7, 11) is 0. The topological polar surface area (TPSA) is 71.1 Å². The van der Waals surface area contributed by atoms with Crippen LogP contribution in [0, 0.1) is 0 Å². The molecule has 0 aliphatic carbocycles. The van der Waals surface area contributed by atoms with Gasteiger partial charge in [-0.15, -0.1) is 23.1 Å². The third kappa shape index (κ3) is 4.93. The van der Waals surface area contributed by atoms with Crippen LogP contribution in [0.5, 0.6) is 0 Å². The van der Waals surface area contributed by atoms with E-state index >= 15 is 0 Å². The lowest BCUT2D eigenvalue weighted by molar-refractivity contribution is -0.115. The summed E-state index contributed by atoms with van der Waals surface area (Å²) >= 11 is 2.81. The van der Waals surface area contributed by atoms with Gasteiger partial charge >= 0.3 is 0 Å². The van der Waals surface area contributed by atoms with Crippen molar-refractivity contribution >= 4 is 46.4 Å². The second-order valence-electron chi connectivity index (χ2n) is 5.42. The zero-order valence-corrected chi connectivity index (χ0v) is 15.6. The summed E-state index contributed by atoms with van der Waals surface area (Å²) in [5.41, 5.74) is 0.700. The van der Waals surface area contributed by atoms with Crippen LogP contribution in [-0.2, 0) is 4.79 Å². The Morgan fingerprint density at radius 3 is 2.69 bits per heavy atom. The molecule has 1 unspecified atom stereocenters. The van der Waals surface area contributed by atoms with Crippen LogP contribution in [0.25, 0.3) is 0 Å². The second kappa shape index (κ2) is 8.64. The standard InChI is InChI=1S/C19H17N3O2S2/c1-13(18(23)22-17-9-2-3-10-20-17)26-15-7-4-6-14(12-15)21-19(24)16-8-5-11-25-16/h2-13H,1H3,(H,21,24)(H,20,22,23). The molecule has 0 saturated heterocycles. The van der Waals surface area contributed by atoms with Gasteiger partial charge in [-0.05, 0) is 48.7 Å². The van der Waals surface area contributed by atoms with Gasteiger partial charge < -0.3 is 10.6 Å². The summed E-state index contributed by atoms with van der Waals surface area (Å²) in [5, 5.41) is 7.22. The molecular formula is C19H17N3O2S2. The normalized spacial score (nSPS) is 11.6. The summed E-state index contributed by atoms with van der Waals surface area (Å²) in [4.78, 5) is 30.1. The quantitative estimate of drug-likeness (QED) is 0.614. The Kier molecular flexibility index (Phi) is 6.04. The van der Waals surface area contributed by atoms with E-state index in [1.54, 1.807) is 24.4 Å². The van der Waals surface area contributed by atoms with E-state index in [9.17, 15) is 9.59 Å². The number of amides is 2. The molecule has 26 heavy (non-hydrogen) atoms. The monoisotopic (exact) mass is 383 g/mol. The number of hydrogen-bond acceptors (Lipinski definition) is 5. The van der Waals surface area contributed by atoms with Gasteiger partial charge in [-0.3, -0.25) is 9.59 Å². The lowest BCUT2D eigenvalue weighted by atomic mass is 10.3. The molecule has 0 spiro atoms. The number of hydrogen-bond donors (Lipinski definition) is 2. The molecule has 0 fully saturated rings. The molecule has 3 rings (SSSR count). The number of carbonyl (C=O) groups excluding carboxylic acids is 2. The van der Waals surface area contributed by atoms with E-state index in [1.807, 2.05) is 48.7 Å². The average Bonchev–Trinajstić information content (AvgIpc) is 3.17. The summed E-state index contributed by atoms with van der Waals surface area (Å²) in [5.74, 6) is 0.270. The number of benzene rings is 1. The molecule has 2 aromatic heterocycles. The van der Waals surface area contributed by atoms with Crippen LogP contribution >= 0.6 is 23.1 Å². The van der Waals surface area contributed by atoms with E-state index in [-0.39, 0.29) is 17.1 Å². The number of rotatable bonds is 6. The molecule has 0 saturated carbocycles. The third-order valence-corrected chi connectivity index (χ3v) is 5.40. The lowest BCUT2D eigenvalue weighted by Gasteiger charge is -2.12. The molecule has 7 heteroatoms. The highest BCUT2D eigenvalue weighted by Gasteiger charge is 2.15. The maximum Gasteiger partial charge on any atom is 0.265 e. The largest absolute Gasteiger partial charge is 0.321 e.